The van der Waals surface area contributed by atoms with Crippen LogP contribution in [0.1, 0.15) is 18.4 Å². The van der Waals surface area contributed by atoms with Crippen LogP contribution in [0.2, 0.25) is 0 Å². The van der Waals surface area contributed by atoms with Gasteiger partial charge in [0, 0.05) is 29.9 Å². The molecule has 2 aromatic heterocycles. The third-order valence-corrected chi connectivity index (χ3v) is 3.30. The summed E-state index contributed by atoms with van der Waals surface area (Å²) in [5.41, 5.74) is 9.08. The van der Waals surface area contributed by atoms with Gasteiger partial charge in [-0.2, -0.15) is 0 Å². The third kappa shape index (κ3) is 2.48. The molecule has 0 fully saturated rings. The minimum absolute atomic E-state index is 0.334. The number of aryl methyl sites for hydroxylation is 1. The molecule has 1 aromatic carbocycles. The Bertz CT molecular complexity index is 819. The number of benzene rings is 1. The van der Waals surface area contributed by atoms with E-state index in [0.29, 0.717) is 30.5 Å². The summed E-state index contributed by atoms with van der Waals surface area (Å²) in [5, 5.41) is 0.900. The van der Waals surface area contributed by atoms with E-state index in [1.54, 1.807) is 12.4 Å². The molecule has 2 heterocycles. The van der Waals surface area contributed by atoms with Crippen molar-refractivity contribution in [2.45, 2.75) is 20.4 Å². The maximum atomic E-state index is 5.87. The highest BCUT2D eigenvalue weighted by Gasteiger charge is 2.16. The zero-order chi connectivity index (χ0) is 15.5. The number of fused-ring (bicyclic) bond motifs is 1. The summed E-state index contributed by atoms with van der Waals surface area (Å²) in [6.45, 7) is 4.63. The molecular weight excluding hydrogens is 278 g/mol. The van der Waals surface area contributed by atoms with E-state index in [9.17, 15) is 0 Å². The number of rotatable bonds is 4. The number of ether oxygens (including phenoxy) is 1. The van der Waals surface area contributed by atoms with Gasteiger partial charge in [-0.15, -0.1) is 0 Å². The van der Waals surface area contributed by atoms with Crippen LogP contribution < -0.4 is 10.5 Å². The van der Waals surface area contributed by atoms with Crippen molar-refractivity contribution in [3.8, 4) is 17.1 Å². The van der Waals surface area contributed by atoms with Gasteiger partial charge in [0.15, 0.2) is 0 Å². The summed E-state index contributed by atoms with van der Waals surface area (Å²) < 4.78 is 5.59. The zero-order valence-electron chi connectivity index (χ0n) is 12.6. The van der Waals surface area contributed by atoms with E-state index in [4.69, 9.17) is 10.5 Å². The van der Waals surface area contributed by atoms with Crippen LogP contribution in [0.25, 0.3) is 22.2 Å². The maximum Gasteiger partial charge on any atom is 0.240 e. The standard InChI is InChI=1S/C16H17N5O/c1-3-22-16-15(18-7-8-19-16)11-5-4-6-12-14(11)13(9-17)21-10(2)20-12/h4-8H,3,9,17H2,1-2H3. The van der Waals surface area contributed by atoms with E-state index in [2.05, 4.69) is 19.9 Å². The third-order valence-electron chi connectivity index (χ3n) is 3.30. The number of hydrogen-bond acceptors (Lipinski definition) is 6. The Balaban J connectivity index is 2.32. The van der Waals surface area contributed by atoms with Crippen LogP contribution in [-0.4, -0.2) is 26.5 Å². The van der Waals surface area contributed by atoms with Crippen molar-refractivity contribution in [2.75, 3.05) is 6.61 Å². The van der Waals surface area contributed by atoms with Crippen LogP contribution in [0, 0.1) is 6.92 Å². The van der Waals surface area contributed by atoms with E-state index in [1.807, 2.05) is 32.0 Å². The Morgan fingerprint density at radius 3 is 2.73 bits per heavy atom. The van der Waals surface area contributed by atoms with Crippen LogP contribution in [-0.2, 0) is 6.54 Å². The van der Waals surface area contributed by atoms with E-state index in [1.165, 1.54) is 0 Å². The second kappa shape index (κ2) is 6.03. The second-order valence-electron chi connectivity index (χ2n) is 4.76. The molecule has 0 bridgehead atoms. The van der Waals surface area contributed by atoms with Gasteiger partial charge < -0.3 is 10.5 Å². The van der Waals surface area contributed by atoms with Gasteiger partial charge in [0.1, 0.15) is 11.5 Å². The Kier molecular flexibility index (Phi) is 3.93. The van der Waals surface area contributed by atoms with Crippen LogP contribution in [0.5, 0.6) is 5.88 Å². The largest absolute Gasteiger partial charge is 0.476 e. The maximum absolute atomic E-state index is 5.87. The van der Waals surface area contributed by atoms with Crippen molar-refractivity contribution in [3.63, 3.8) is 0 Å². The minimum Gasteiger partial charge on any atom is -0.476 e. The second-order valence-corrected chi connectivity index (χ2v) is 4.76. The fraction of sp³-hybridized carbons (Fsp3) is 0.250. The highest BCUT2D eigenvalue weighted by Crippen LogP contribution is 2.32. The van der Waals surface area contributed by atoms with Crippen LogP contribution in [0.3, 0.4) is 0 Å². The normalized spacial score (nSPS) is 10.9. The zero-order valence-corrected chi connectivity index (χ0v) is 12.6. The molecule has 6 nitrogen and oxygen atoms in total. The van der Waals surface area contributed by atoms with Crippen molar-refractivity contribution >= 4 is 10.9 Å². The molecular formula is C16H17N5O. The molecule has 0 saturated carbocycles. The molecule has 22 heavy (non-hydrogen) atoms. The first-order chi connectivity index (χ1) is 10.7. The predicted octanol–water partition coefficient (Wildman–Crippen LogP) is 2.25. The van der Waals surface area contributed by atoms with Gasteiger partial charge in [-0.25, -0.2) is 19.9 Å². The van der Waals surface area contributed by atoms with Crippen LogP contribution in [0.15, 0.2) is 30.6 Å². The first kappa shape index (κ1) is 14.3. The van der Waals surface area contributed by atoms with E-state index in [0.717, 1.165) is 22.2 Å². The fourth-order valence-corrected chi connectivity index (χ4v) is 2.48. The number of aromatic nitrogens is 4. The van der Waals surface area contributed by atoms with E-state index in [-0.39, 0.29) is 0 Å². The number of nitrogens with zero attached hydrogens (tertiary/aromatic N) is 4. The lowest BCUT2D eigenvalue weighted by Crippen LogP contribution is -2.05. The van der Waals surface area contributed by atoms with Gasteiger partial charge in [-0.05, 0) is 19.9 Å². The van der Waals surface area contributed by atoms with E-state index >= 15 is 0 Å². The van der Waals surface area contributed by atoms with Gasteiger partial charge in [0.05, 0.1) is 17.8 Å². The smallest absolute Gasteiger partial charge is 0.240 e. The summed E-state index contributed by atoms with van der Waals surface area (Å²) in [4.78, 5) is 17.6. The first-order valence-corrected chi connectivity index (χ1v) is 7.15. The van der Waals surface area contributed by atoms with Gasteiger partial charge in [-0.1, -0.05) is 12.1 Å². The molecule has 0 aliphatic carbocycles. The molecule has 112 valence electrons. The summed E-state index contributed by atoms with van der Waals surface area (Å²) in [7, 11) is 0. The molecule has 0 amide bonds. The Labute approximate surface area is 128 Å². The highest BCUT2D eigenvalue weighted by molar-refractivity contribution is 5.96. The predicted molar refractivity (Wildman–Crippen MR) is 84.4 cm³/mol. The van der Waals surface area contributed by atoms with Crippen molar-refractivity contribution in [3.05, 3.63) is 42.1 Å². The summed E-state index contributed by atoms with van der Waals surface area (Å²) in [6, 6.07) is 5.85. The molecule has 6 heteroatoms. The molecule has 0 aliphatic heterocycles. The number of nitrogens with two attached hydrogens (primary N) is 1. The average molecular weight is 295 g/mol. The average Bonchev–Trinajstić information content (AvgIpc) is 2.54. The van der Waals surface area contributed by atoms with Gasteiger partial charge in [-0.3, -0.25) is 0 Å². The topological polar surface area (TPSA) is 86.8 Å². The monoisotopic (exact) mass is 295 g/mol. The van der Waals surface area contributed by atoms with Gasteiger partial charge in [0.25, 0.3) is 0 Å². The number of hydrogen-bond donors (Lipinski definition) is 1. The lowest BCUT2D eigenvalue weighted by Gasteiger charge is -2.12. The Morgan fingerprint density at radius 2 is 1.95 bits per heavy atom. The molecule has 0 atom stereocenters. The van der Waals surface area contributed by atoms with Gasteiger partial charge in [0.2, 0.25) is 5.88 Å². The molecule has 3 rings (SSSR count). The molecule has 0 radical (unpaired) electrons. The lowest BCUT2D eigenvalue weighted by molar-refractivity contribution is 0.327. The molecule has 3 aromatic rings. The first-order valence-electron chi connectivity index (χ1n) is 7.15. The quantitative estimate of drug-likeness (QED) is 0.794. The molecule has 0 unspecified atom stereocenters. The fourth-order valence-electron chi connectivity index (χ4n) is 2.48. The molecule has 2 N–H and O–H groups in total. The highest BCUT2D eigenvalue weighted by atomic mass is 16.5. The minimum atomic E-state index is 0.334. The molecule has 0 spiro atoms. The summed E-state index contributed by atoms with van der Waals surface area (Å²) in [5.74, 6) is 1.20. The molecule has 0 saturated heterocycles. The Morgan fingerprint density at radius 1 is 1.14 bits per heavy atom. The van der Waals surface area contributed by atoms with Crippen LogP contribution >= 0.6 is 0 Å². The van der Waals surface area contributed by atoms with Gasteiger partial charge >= 0.3 is 0 Å². The van der Waals surface area contributed by atoms with Crippen molar-refractivity contribution in [1.29, 1.82) is 0 Å². The summed E-state index contributed by atoms with van der Waals surface area (Å²) >= 11 is 0. The van der Waals surface area contributed by atoms with Crippen LogP contribution in [0.4, 0.5) is 0 Å². The van der Waals surface area contributed by atoms with E-state index < -0.39 is 0 Å². The van der Waals surface area contributed by atoms with Crippen molar-refractivity contribution < 1.29 is 4.74 Å². The molecule has 0 aliphatic rings. The van der Waals surface area contributed by atoms with Crippen molar-refractivity contribution in [1.82, 2.24) is 19.9 Å². The SMILES string of the molecule is CCOc1nccnc1-c1cccc2nc(C)nc(CN)c12. The lowest BCUT2D eigenvalue weighted by atomic mass is 10.0. The Hall–Kier alpha value is -2.60. The summed E-state index contributed by atoms with van der Waals surface area (Å²) in [6.07, 6.45) is 3.26. The van der Waals surface area contributed by atoms with Crippen molar-refractivity contribution in [2.24, 2.45) is 5.73 Å².